The Bertz CT molecular complexity index is 614. The molecule has 1 unspecified atom stereocenters. The Kier molecular flexibility index (Phi) is 4.05. The molecule has 1 aromatic carbocycles. The predicted molar refractivity (Wildman–Crippen MR) is 68.5 cm³/mol. The van der Waals surface area contributed by atoms with Crippen LogP contribution in [0, 0.1) is 5.82 Å². The molecule has 0 aliphatic rings. The second-order valence-electron chi connectivity index (χ2n) is 4.01. The molecule has 6 heteroatoms. The summed E-state index contributed by atoms with van der Waals surface area (Å²) in [4.78, 5) is 26.9. The molecule has 0 radical (unpaired) electrons. The van der Waals surface area contributed by atoms with E-state index in [0.717, 1.165) is 12.1 Å². The standard InChI is InChI=1S/C14H11FN2O3/c15-10-6-4-9(5-7-10)12(14(19)20)17-13(18)11-3-1-2-8-16-11/h1-8,12H,(H,17,18)(H,19,20). The molecule has 2 rings (SSSR count). The summed E-state index contributed by atoms with van der Waals surface area (Å²) in [5.41, 5.74) is 0.393. The number of amides is 1. The van der Waals surface area contributed by atoms with Crippen molar-refractivity contribution in [1.29, 1.82) is 0 Å². The smallest absolute Gasteiger partial charge is 0.330 e. The Hall–Kier alpha value is -2.76. The van der Waals surface area contributed by atoms with Gasteiger partial charge in [-0.1, -0.05) is 18.2 Å². The van der Waals surface area contributed by atoms with Crippen molar-refractivity contribution < 1.29 is 19.1 Å². The topological polar surface area (TPSA) is 79.3 Å². The van der Waals surface area contributed by atoms with Crippen LogP contribution in [0.25, 0.3) is 0 Å². The molecule has 1 atom stereocenters. The fourth-order valence-corrected chi connectivity index (χ4v) is 1.64. The molecular weight excluding hydrogens is 263 g/mol. The fraction of sp³-hybridized carbons (Fsp3) is 0.0714. The molecule has 0 bridgehead atoms. The summed E-state index contributed by atoms with van der Waals surface area (Å²) in [6, 6.07) is 8.38. The molecule has 0 aliphatic heterocycles. The zero-order valence-electron chi connectivity index (χ0n) is 10.3. The van der Waals surface area contributed by atoms with Gasteiger partial charge >= 0.3 is 5.97 Å². The summed E-state index contributed by atoms with van der Waals surface area (Å²) in [7, 11) is 0. The molecule has 0 spiro atoms. The largest absolute Gasteiger partial charge is 0.479 e. The van der Waals surface area contributed by atoms with Crippen LogP contribution in [0.2, 0.25) is 0 Å². The van der Waals surface area contributed by atoms with Gasteiger partial charge in [-0.2, -0.15) is 0 Å². The predicted octanol–water partition coefficient (Wildman–Crippen LogP) is 1.78. The van der Waals surface area contributed by atoms with Crippen LogP contribution in [0.1, 0.15) is 22.1 Å². The van der Waals surface area contributed by atoms with Crippen molar-refractivity contribution in [3.8, 4) is 0 Å². The summed E-state index contributed by atoms with van der Waals surface area (Å²) in [6.07, 6.45) is 1.43. The maximum Gasteiger partial charge on any atom is 0.330 e. The Morgan fingerprint density at radius 2 is 1.85 bits per heavy atom. The third-order valence-corrected chi connectivity index (χ3v) is 2.62. The highest BCUT2D eigenvalue weighted by Gasteiger charge is 2.23. The lowest BCUT2D eigenvalue weighted by atomic mass is 10.1. The van der Waals surface area contributed by atoms with Gasteiger partial charge in [0.2, 0.25) is 0 Å². The highest BCUT2D eigenvalue weighted by Crippen LogP contribution is 2.14. The number of halogens is 1. The van der Waals surface area contributed by atoms with E-state index in [4.69, 9.17) is 5.11 Å². The Morgan fingerprint density at radius 1 is 1.15 bits per heavy atom. The van der Waals surface area contributed by atoms with E-state index < -0.39 is 23.7 Å². The normalized spacial score (nSPS) is 11.7. The summed E-state index contributed by atoms with van der Waals surface area (Å²) in [5, 5.41) is 11.5. The number of carbonyl (C=O) groups is 2. The number of nitrogens with one attached hydrogen (secondary N) is 1. The van der Waals surface area contributed by atoms with Gasteiger partial charge in [0.1, 0.15) is 11.5 Å². The molecule has 2 N–H and O–H groups in total. The molecule has 20 heavy (non-hydrogen) atoms. The van der Waals surface area contributed by atoms with Crippen molar-refractivity contribution in [2.24, 2.45) is 0 Å². The minimum atomic E-state index is -1.26. The highest BCUT2D eigenvalue weighted by molar-refractivity contribution is 5.95. The van der Waals surface area contributed by atoms with E-state index in [2.05, 4.69) is 10.3 Å². The molecule has 1 heterocycles. The van der Waals surface area contributed by atoms with Crippen LogP contribution in [0.5, 0.6) is 0 Å². The van der Waals surface area contributed by atoms with Gasteiger partial charge < -0.3 is 10.4 Å². The first-order valence-electron chi connectivity index (χ1n) is 5.78. The SMILES string of the molecule is O=C(NC(C(=O)O)c1ccc(F)cc1)c1ccccn1. The van der Waals surface area contributed by atoms with E-state index in [0.29, 0.717) is 0 Å². The highest BCUT2D eigenvalue weighted by atomic mass is 19.1. The van der Waals surface area contributed by atoms with E-state index in [1.54, 1.807) is 12.1 Å². The Labute approximate surface area is 114 Å². The first-order chi connectivity index (χ1) is 9.58. The Balaban J connectivity index is 2.20. The van der Waals surface area contributed by atoms with Crippen LogP contribution in [0.4, 0.5) is 4.39 Å². The second kappa shape index (κ2) is 5.92. The number of nitrogens with zero attached hydrogens (tertiary/aromatic N) is 1. The third kappa shape index (κ3) is 3.17. The number of hydrogen-bond acceptors (Lipinski definition) is 3. The van der Waals surface area contributed by atoms with Crippen LogP contribution >= 0.6 is 0 Å². The molecule has 2 aromatic rings. The number of benzene rings is 1. The number of carboxylic acid groups (broad SMARTS) is 1. The van der Waals surface area contributed by atoms with E-state index in [-0.39, 0.29) is 11.3 Å². The molecule has 102 valence electrons. The Morgan fingerprint density at radius 3 is 2.40 bits per heavy atom. The molecule has 0 fully saturated rings. The van der Waals surface area contributed by atoms with Crippen molar-refractivity contribution in [2.45, 2.75) is 6.04 Å². The molecule has 5 nitrogen and oxygen atoms in total. The molecule has 0 saturated heterocycles. The summed E-state index contributed by atoms with van der Waals surface area (Å²) >= 11 is 0. The summed E-state index contributed by atoms with van der Waals surface area (Å²) in [6.45, 7) is 0. The van der Waals surface area contributed by atoms with Gasteiger partial charge in [-0.3, -0.25) is 9.78 Å². The number of hydrogen-bond donors (Lipinski definition) is 2. The van der Waals surface area contributed by atoms with Gasteiger partial charge in [-0.25, -0.2) is 9.18 Å². The monoisotopic (exact) mass is 274 g/mol. The quantitative estimate of drug-likeness (QED) is 0.890. The van der Waals surface area contributed by atoms with Gasteiger partial charge in [-0.05, 0) is 29.8 Å². The number of pyridine rings is 1. The molecule has 0 aliphatic carbocycles. The number of carboxylic acids is 1. The van der Waals surface area contributed by atoms with E-state index >= 15 is 0 Å². The minimum Gasteiger partial charge on any atom is -0.479 e. The van der Waals surface area contributed by atoms with Crippen molar-refractivity contribution in [3.05, 3.63) is 65.7 Å². The van der Waals surface area contributed by atoms with Gasteiger partial charge in [0.25, 0.3) is 5.91 Å². The van der Waals surface area contributed by atoms with Crippen LogP contribution in [-0.4, -0.2) is 22.0 Å². The lowest BCUT2D eigenvalue weighted by Gasteiger charge is -2.14. The molecule has 1 aromatic heterocycles. The second-order valence-corrected chi connectivity index (χ2v) is 4.01. The van der Waals surface area contributed by atoms with Gasteiger partial charge in [0.15, 0.2) is 6.04 Å². The maximum atomic E-state index is 12.8. The van der Waals surface area contributed by atoms with E-state index in [1.807, 2.05) is 0 Å². The van der Waals surface area contributed by atoms with Crippen molar-refractivity contribution in [3.63, 3.8) is 0 Å². The zero-order chi connectivity index (χ0) is 14.5. The van der Waals surface area contributed by atoms with Crippen molar-refractivity contribution in [2.75, 3.05) is 0 Å². The minimum absolute atomic E-state index is 0.112. The number of aliphatic carboxylic acids is 1. The summed E-state index contributed by atoms with van der Waals surface area (Å²) in [5.74, 6) is -2.32. The number of carbonyl (C=O) groups excluding carboxylic acids is 1. The van der Waals surface area contributed by atoms with E-state index in [9.17, 15) is 14.0 Å². The first kappa shape index (κ1) is 13.7. The maximum absolute atomic E-state index is 12.8. The first-order valence-corrected chi connectivity index (χ1v) is 5.78. The summed E-state index contributed by atoms with van der Waals surface area (Å²) < 4.78 is 12.8. The number of aromatic nitrogens is 1. The lowest BCUT2D eigenvalue weighted by molar-refractivity contribution is -0.139. The number of rotatable bonds is 4. The van der Waals surface area contributed by atoms with E-state index in [1.165, 1.54) is 24.4 Å². The lowest BCUT2D eigenvalue weighted by Crippen LogP contribution is -2.34. The van der Waals surface area contributed by atoms with Crippen LogP contribution < -0.4 is 5.32 Å². The van der Waals surface area contributed by atoms with Crippen molar-refractivity contribution >= 4 is 11.9 Å². The van der Waals surface area contributed by atoms with Gasteiger partial charge in [-0.15, -0.1) is 0 Å². The average Bonchev–Trinajstić information content (AvgIpc) is 2.46. The van der Waals surface area contributed by atoms with Crippen LogP contribution in [0.15, 0.2) is 48.7 Å². The van der Waals surface area contributed by atoms with Crippen LogP contribution in [0.3, 0.4) is 0 Å². The zero-order valence-corrected chi connectivity index (χ0v) is 10.3. The fourth-order valence-electron chi connectivity index (χ4n) is 1.64. The average molecular weight is 274 g/mol. The van der Waals surface area contributed by atoms with Crippen molar-refractivity contribution in [1.82, 2.24) is 10.3 Å². The third-order valence-electron chi connectivity index (χ3n) is 2.62. The molecule has 0 saturated carbocycles. The van der Waals surface area contributed by atoms with Gasteiger partial charge in [0.05, 0.1) is 0 Å². The van der Waals surface area contributed by atoms with Gasteiger partial charge in [0, 0.05) is 6.20 Å². The molecular formula is C14H11FN2O3. The van der Waals surface area contributed by atoms with Crippen LogP contribution in [-0.2, 0) is 4.79 Å². The molecule has 1 amide bonds.